The highest BCUT2D eigenvalue weighted by Gasteiger charge is 2.07. The lowest BCUT2D eigenvalue weighted by atomic mass is 10.3. The molecule has 1 unspecified atom stereocenters. The summed E-state index contributed by atoms with van der Waals surface area (Å²) in [5.41, 5.74) is 18.0. The molecule has 13 heteroatoms. The number of ether oxygens (including phenoxy) is 3. The Hall–Kier alpha value is -1.55. The van der Waals surface area contributed by atoms with Crippen molar-refractivity contribution in [1.82, 2.24) is 21.7 Å². The number of hydrogen-bond donors (Lipinski definition) is 7. The van der Waals surface area contributed by atoms with Crippen LogP contribution in [0.1, 0.15) is 6.42 Å². The predicted octanol–water partition coefficient (Wildman–Crippen LogP) is -1.96. The maximum absolute atomic E-state index is 13.5. The molecule has 0 spiro atoms. The summed E-state index contributed by atoms with van der Waals surface area (Å²) >= 11 is 0. The van der Waals surface area contributed by atoms with Crippen LogP contribution >= 0.6 is 0 Å². The number of carbonyl (C=O) groups excluding carboxylic acids is 1. The summed E-state index contributed by atoms with van der Waals surface area (Å²) in [6.07, 6.45) is 1.87. The predicted molar refractivity (Wildman–Crippen MR) is 102 cm³/mol. The van der Waals surface area contributed by atoms with Gasteiger partial charge in [0.1, 0.15) is 19.4 Å². The van der Waals surface area contributed by atoms with Crippen molar-refractivity contribution >= 4 is 5.91 Å². The molecule has 0 aliphatic rings. The molecule has 0 fully saturated rings. The number of primary amides is 1. The van der Waals surface area contributed by atoms with E-state index in [4.69, 9.17) is 25.7 Å². The fourth-order valence-corrected chi connectivity index (χ4v) is 1.69. The number of halogens is 2. The van der Waals surface area contributed by atoms with Gasteiger partial charge in [0.15, 0.2) is 11.7 Å². The average Bonchev–Trinajstić information content (AvgIpc) is 2.68. The number of amides is 1. The van der Waals surface area contributed by atoms with Gasteiger partial charge in [-0.2, -0.15) is 5.53 Å². The second-order valence-electron chi connectivity index (χ2n) is 5.49. The van der Waals surface area contributed by atoms with Crippen LogP contribution in [0, 0.1) is 0 Å². The maximum Gasteiger partial charge on any atom is 0.243 e. The molecule has 0 bridgehead atoms. The molecule has 0 rings (SSSR count). The van der Waals surface area contributed by atoms with Gasteiger partial charge in [0.05, 0.1) is 33.1 Å². The topological polar surface area (TPSA) is 165 Å². The Labute approximate surface area is 168 Å². The Bertz CT molecular complexity index is 485. The van der Waals surface area contributed by atoms with Crippen LogP contribution in [-0.4, -0.2) is 76.6 Å². The third kappa shape index (κ3) is 19.5. The number of hydrazine groups is 2. The lowest BCUT2D eigenvalue weighted by Gasteiger charge is -2.13. The molecule has 0 radical (unpaired) electrons. The largest absolute Gasteiger partial charge is 0.378 e. The van der Waals surface area contributed by atoms with Crippen LogP contribution in [0.4, 0.5) is 8.78 Å². The molecule has 11 nitrogen and oxygen atoms in total. The van der Waals surface area contributed by atoms with Gasteiger partial charge >= 0.3 is 0 Å². The molecule has 0 aliphatic carbocycles. The fourth-order valence-electron chi connectivity index (χ4n) is 1.69. The third-order valence-corrected chi connectivity index (χ3v) is 2.99. The van der Waals surface area contributed by atoms with Gasteiger partial charge in [-0.05, 0) is 12.5 Å². The molecule has 0 saturated heterocycles. The summed E-state index contributed by atoms with van der Waals surface area (Å²) in [4.78, 5) is 10.4. The molecule has 9 N–H and O–H groups in total. The van der Waals surface area contributed by atoms with Crippen molar-refractivity contribution in [2.45, 2.75) is 12.6 Å². The second kappa shape index (κ2) is 19.8. The normalized spacial score (nSPS) is 13.7. The van der Waals surface area contributed by atoms with Gasteiger partial charge in [-0.25, -0.2) is 19.6 Å². The molecule has 0 aromatic heterocycles. The smallest absolute Gasteiger partial charge is 0.243 e. The fraction of sp³-hybridized carbons (Fsp3) is 0.688. The molecule has 1 amide bonds. The summed E-state index contributed by atoms with van der Waals surface area (Å²) in [5.74, 6) is -2.66. The SMILES string of the molecule is NCNNNCC/C=C\C(F)=C(\F)COCC(O)NCCOCCOCC(N)=O. The Kier molecular flexibility index (Phi) is 18.7. The van der Waals surface area contributed by atoms with Crippen molar-refractivity contribution in [3.63, 3.8) is 0 Å². The van der Waals surface area contributed by atoms with Crippen molar-refractivity contribution in [2.24, 2.45) is 11.5 Å². The van der Waals surface area contributed by atoms with Gasteiger partial charge in [0.2, 0.25) is 5.91 Å². The Morgan fingerprint density at radius 3 is 2.55 bits per heavy atom. The summed E-state index contributed by atoms with van der Waals surface area (Å²) in [5, 5.41) is 12.3. The number of nitrogens with one attached hydrogen (secondary N) is 4. The zero-order valence-corrected chi connectivity index (χ0v) is 16.3. The third-order valence-electron chi connectivity index (χ3n) is 2.99. The molecule has 29 heavy (non-hydrogen) atoms. The highest BCUT2D eigenvalue weighted by atomic mass is 19.2. The molecule has 0 aromatic carbocycles. The van der Waals surface area contributed by atoms with E-state index in [-0.39, 0.29) is 39.7 Å². The van der Waals surface area contributed by atoms with Gasteiger partial charge in [0.25, 0.3) is 0 Å². The second-order valence-corrected chi connectivity index (χ2v) is 5.49. The van der Waals surface area contributed by atoms with Gasteiger partial charge in [-0.3, -0.25) is 10.1 Å². The van der Waals surface area contributed by atoms with Gasteiger partial charge < -0.3 is 30.8 Å². The van der Waals surface area contributed by atoms with Gasteiger partial charge in [0, 0.05) is 13.1 Å². The van der Waals surface area contributed by atoms with Crippen LogP contribution in [0.15, 0.2) is 23.8 Å². The van der Waals surface area contributed by atoms with Gasteiger partial charge in [-0.15, -0.1) is 0 Å². The number of nitrogens with two attached hydrogens (primary N) is 2. The number of aliphatic hydroxyl groups excluding tert-OH is 1. The van der Waals surface area contributed by atoms with Gasteiger partial charge in [-0.1, -0.05) is 6.08 Å². The number of rotatable bonds is 20. The van der Waals surface area contributed by atoms with Crippen LogP contribution in [-0.2, 0) is 19.0 Å². The van der Waals surface area contributed by atoms with Crippen LogP contribution < -0.4 is 33.2 Å². The first-order valence-corrected chi connectivity index (χ1v) is 9.01. The number of hydrogen-bond acceptors (Lipinski definition) is 10. The van der Waals surface area contributed by atoms with Crippen molar-refractivity contribution < 1.29 is 32.9 Å². The molecule has 0 aliphatic heterocycles. The molecular weight excluding hydrogens is 394 g/mol. The van der Waals surface area contributed by atoms with E-state index in [1.807, 2.05) is 0 Å². The average molecular weight is 426 g/mol. The molecule has 1 atom stereocenters. The van der Waals surface area contributed by atoms with Crippen molar-refractivity contribution in [1.29, 1.82) is 0 Å². The minimum Gasteiger partial charge on any atom is -0.378 e. The molecule has 0 aromatic rings. The summed E-state index contributed by atoms with van der Waals surface area (Å²) < 4.78 is 42.0. The van der Waals surface area contributed by atoms with E-state index < -0.39 is 30.4 Å². The first-order chi connectivity index (χ1) is 14.0. The maximum atomic E-state index is 13.5. The number of allylic oxidation sites excluding steroid dienone is 2. The van der Waals surface area contributed by atoms with Crippen LogP contribution in [0.25, 0.3) is 0 Å². The first-order valence-electron chi connectivity index (χ1n) is 9.01. The van der Waals surface area contributed by atoms with E-state index in [9.17, 15) is 18.7 Å². The Morgan fingerprint density at radius 2 is 1.83 bits per heavy atom. The van der Waals surface area contributed by atoms with Crippen molar-refractivity contribution in [2.75, 3.05) is 59.4 Å². The number of carbonyl (C=O) groups is 1. The first kappa shape index (κ1) is 27.5. The summed E-state index contributed by atoms with van der Waals surface area (Å²) in [6.45, 7) is 0.812. The lowest BCUT2D eigenvalue weighted by molar-refractivity contribution is -0.123. The zero-order chi connectivity index (χ0) is 21.7. The Balaban J connectivity index is 3.68. The zero-order valence-electron chi connectivity index (χ0n) is 16.3. The van der Waals surface area contributed by atoms with Crippen LogP contribution in [0.5, 0.6) is 0 Å². The highest BCUT2D eigenvalue weighted by Crippen LogP contribution is 2.10. The monoisotopic (exact) mass is 426 g/mol. The minimum atomic E-state index is -1.07. The Morgan fingerprint density at radius 1 is 1.07 bits per heavy atom. The minimum absolute atomic E-state index is 0.166. The van der Waals surface area contributed by atoms with Crippen molar-refractivity contribution in [3.05, 3.63) is 23.8 Å². The number of aliphatic hydroxyl groups is 1. The molecule has 170 valence electrons. The molecular formula is C16H32F2N6O5. The van der Waals surface area contributed by atoms with E-state index in [1.54, 1.807) is 0 Å². The van der Waals surface area contributed by atoms with E-state index in [1.165, 1.54) is 6.08 Å². The lowest BCUT2D eigenvalue weighted by Crippen LogP contribution is -2.46. The highest BCUT2D eigenvalue weighted by molar-refractivity contribution is 5.74. The van der Waals surface area contributed by atoms with E-state index in [2.05, 4.69) is 21.7 Å². The van der Waals surface area contributed by atoms with Crippen molar-refractivity contribution in [3.8, 4) is 0 Å². The van der Waals surface area contributed by atoms with E-state index in [0.29, 0.717) is 19.5 Å². The standard InChI is InChI=1S/C16H32F2N6O5/c17-13(3-1-2-4-22-24-23-12-19)14(18)9-29-11-16(26)21-5-6-27-7-8-28-10-15(20)25/h1,3,16,21-24,26H,2,4-12,19H2,(H2,20,25)/b3-1-,14-13-. The summed E-state index contributed by atoms with van der Waals surface area (Å²) in [7, 11) is 0. The molecule has 0 saturated carbocycles. The van der Waals surface area contributed by atoms with Crippen LogP contribution in [0.2, 0.25) is 0 Å². The summed E-state index contributed by atoms with van der Waals surface area (Å²) in [6, 6.07) is 0. The molecule has 0 heterocycles. The van der Waals surface area contributed by atoms with Crippen LogP contribution in [0.3, 0.4) is 0 Å². The van der Waals surface area contributed by atoms with E-state index >= 15 is 0 Å². The van der Waals surface area contributed by atoms with E-state index in [0.717, 1.165) is 6.08 Å². The quantitative estimate of drug-likeness (QED) is 0.0503.